The summed E-state index contributed by atoms with van der Waals surface area (Å²) in [7, 11) is 5.71. The molecule has 3 aromatic rings. The van der Waals surface area contributed by atoms with E-state index < -0.39 is 0 Å². The molecule has 1 heterocycles. The SMILES string of the molecule is CN(C)CCC(=O)N(C)c1ccc(-c2ccc(C(=O)NCc3cccnc3)cc2)cc1. The Bertz CT molecular complexity index is 1000. The van der Waals surface area contributed by atoms with Gasteiger partial charge in [-0.1, -0.05) is 30.3 Å². The van der Waals surface area contributed by atoms with Gasteiger partial charge in [0, 0.05) is 50.2 Å². The molecule has 0 spiro atoms. The fourth-order valence-corrected chi connectivity index (χ4v) is 3.11. The Kier molecular flexibility index (Phi) is 7.51. The van der Waals surface area contributed by atoms with E-state index in [2.05, 4.69) is 10.3 Å². The highest BCUT2D eigenvalue weighted by Gasteiger charge is 2.11. The van der Waals surface area contributed by atoms with Gasteiger partial charge in [-0.15, -0.1) is 0 Å². The molecule has 6 heteroatoms. The van der Waals surface area contributed by atoms with Gasteiger partial charge in [-0.2, -0.15) is 0 Å². The first kappa shape index (κ1) is 22.2. The van der Waals surface area contributed by atoms with Crippen molar-refractivity contribution in [2.45, 2.75) is 13.0 Å². The van der Waals surface area contributed by atoms with E-state index in [1.54, 1.807) is 24.3 Å². The third-order valence-corrected chi connectivity index (χ3v) is 5.06. The number of carbonyl (C=O) groups excluding carboxylic acids is 2. The molecular formula is C25H28N4O2. The van der Waals surface area contributed by atoms with Gasteiger partial charge in [-0.25, -0.2) is 0 Å². The summed E-state index contributed by atoms with van der Waals surface area (Å²) in [4.78, 5) is 32.4. The standard InChI is InChI=1S/C25H28N4O2/c1-28(2)16-14-24(30)29(3)23-12-10-21(11-13-23)20-6-8-22(9-7-20)25(31)27-18-19-5-4-15-26-17-19/h4-13,15,17H,14,16,18H2,1-3H3,(H,27,31). The van der Waals surface area contributed by atoms with Crippen molar-refractivity contribution >= 4 is 17.5 Å². The maximum atomic E-state index is 12.4. The molecule has 2 amide bonds. The highest BCUT2D eigenvalue weighted by atomic mass is 16.2. The first-order chi connectivity index (χ1) is 14.9. The molecule has 0 radical (unpaired) electrons. The minimum absolute atomic E-state index is 0.0862. The van der Waals surface area contributed by atoms with E-state index in [-0.39, 0.29) is 11.8 Å². The molecule has 0 bridgehead atoms. The van der Waals surface area contributed by atoms with Crippen LogP contribution in [0.1, 0.15) is 22.3 Å². The molecule has 0 saturated carbocycles. The van der Waals surface area contributed by atoms with E-state index in [0.29, 0.717) is 18.5 Å². The van der Waals surface area contributed by atoms with Crippen LogP contribution in [0.2, 0.25) is 0 Å². The lowest BCUT2D eigenvalue weighted by Gasteiger charge is -2.19. The second-order valence-electron chi connectivity index (χ2n) is 7.67. The van der Waals surface area contributed by atoms with Crippen LogP contribution >= 0.6 is 0 Å². The van der Waals surface area contributed by atoms with Gasteiger partial charge in [0.15, 0.2) is 0 Å². The first-order valence-corrected chi connectivity index (χ1v) is 10.2. The van der Waals surface area contributed by atoms with Crippen LogP contribution in [-0.2, 0) is 11.3 Å². The van der Waals surface area contributed by atoms with Crippen LogP contribution in [0.25, 0.3) is 11.1 Å². The molecule has 0 atom stereocenters. The Hall–Kier alpha value is -3.51. The number of rotatable bonds is 8. The van der Waals surface area contributed by atoms with Crippen LogP contribution in [0.5, 0.6) is 0 Å². The van der Waals surface area contributed by atoms with Gasteiger partial charge in [-0.05, 0) is 61.1 Å². The number of hydrogen-bond acceptors (Lipinski definition) is 4. The molecule has 0 aliphatic rings. The Balaban J connectivity index is 1.60. The zero-order chi connectivity index (χ0) is 22.2. The van der Waals surface area contributed by atoms with Crippen molar-refractivity contribution in [2.24, 2.45) is 0 Å². The van der Waals surface area contributed by atoms with Gasteiger partial charge in [0.05, 0.1) is 0 Å². The van der Waals surface area contributed by atoms with E-state index >= 15 is 0 Å². The third-order valence-electron chi connectivity index (χ3n) is 5.06. The van der Waals surface area contributed by atoms with Crippen molar-refractivity contribution < 1.29 is 9.59 Å². The lowest BCUT2D eigenvalue weighted by Crippen LogP contribution is -2.29. The second kappa shape index (κ2) is 10.5. The van der Waals surface area contributed by atoms with Gasteiger partial charge in [0.25, 0.3) is 5.91 Å². The highest BCUT2D eigenvalue weighted by Crippen LogP contribution is 2.23. The Morgan fingerprint density at radius 3 is 2.13 bits per heavy atom. The maximum Gasteiger partial charge on any atom is 0.251 e. The van der Waals surface area contributed by atoms with Crippen molar-refractivity contribution in [2.75, 3.05) is 32.6 Å². The Morgan fingerprint density at radius 1 is 0.903 bits per heavy atom. The lowest BCUT2D eigenvalue weighted by molar-refractivity contribution is -0.118. The number of nitrogens with zero attached hydrogens (tertiary/aromatic N) is 3. The smallest absolute Gasteiger partial charge is 0.251 e. The number of anilines is 1. The van der Waals surface area contributed by atoms with Gasteiger partial charge in [-0.3, -0.25) is 14.6 Å². The number of amides is 2. The summed E-state index contributed by atoms with van der Waals surface area (Å²) in [6.07, 6.45) is 3.92. The largest absolute Gasteiger partial charge is 0.348 e. The third kappa shape index (κ3) is 6.23. The van der Waals surface area contributed by atoms with Crippen molar-refractivity contribution in [3.05, 3.63) is 84.2 Å². The number of carbonyl (C=O) groups is 2. The molecule has 160 valence electrons. The average Bonchev–Trinajstić information content (AvgIpc) is 2.81. The Labute approximate surface area is 183 Å². The summed E-state index contributed by atoms with van der Waals surface area (Å²) in [6, 6.07) is 19.1. The van der Waals surface area contributed by atoms with Crippen molar-refractivity contribution in [1.82, 2.24) is 15.2 Å². The average molecular weight is 417 g/mol. The van der Waals surface area contributed by atoms with Gasteiger partial charge < -0.3 is 15.1 Å². The van der Waals surface area contributed by atoms with E-state index in [0.717, 1.165) is 28.9 Å². The number of hydrogen-bond donors (Lipinski definition) is 1. The predicted molar refractivity (Wildman–Crippen MR) is 124 cm³/mol. The van der Waals surface area contributed by atoms with E-state index in [4.69, 9.17) is 0 Å². The minimum Gasteiger partial charge on any atom is -0.348 e. The summed E-state index contributed by atoms with van der Waals surface area (Å²) in [5, 5.41) is 2.90. The molecular weight excluding hydrogens is 388 g/mol. The number of nitrogens with one attached hydrogen (secondary N) is 1. The fraction of sp³-hybridized carbons (Fsp3) is 0.240. The van der Waals surface area contributed by atoms with Crippen molar-refractivity contribution in [3.63, 3.8) is 0 Å². The van der Waals surface area contributed by atoms with Gasteiger partial charge in [0.2, 0.25) is 5.91 Å². The molecule has 31 heavy (non-hydrogen) atoms. The van der Waals surface area contributed by atoms with Crippen LogP contribution in [0.4, 0.5) is 5.69 Å². The van der Waals surface area contributed by atoms with Crippen LogP contribution in [0.15, 0.2) is 73.1 Å². The van der Waals surface area contributed by atoms with Crippen LogP contribution < -0.4 is 10.2 Å². The fourth-order valence-electron chi connectivity index (χ4n) is 3.11. The normalized spacial score (nSPS) is 10.7. The lowest BCUT2D eigenvalue weighted by atomic mass is 10.0. The summed E-state index contributed by atoms with van der Waals surface area (Å²) < 4.78 is 0. The zero-order valence-electron chi connectivity index (χ0n) is 18.2. The molecule has 0 unspecified atom stereocenters. The molecule has 1 N–H and O–H groups in total. The number of benzene rings is 2. The van der Waals surface area contributed by atoms with Crippen molar-refractivity contribution in [1.29, 1.82) is 0 Å². The second-order valence-corrected chi connectivity index (χ2v) is 7.67. The quantitative estimate of drug-likeness (QED) is 0.609. The molecule has 2 aromatic carbocycles. The molecule has 6 nitrogen and oxygen atoms in total. The first-order valence-electron chi connectivity index (χ1n) is 10.2. The molecule has 1 aromatic heterocycles. The van der Waals surface area contributed by atoms with Crippen molar-refractivity contribution in [3.8, 4) is 11.1 Å². The summed E-state index contributed by atoms with van der Waals surface area (Å²) >= 11 is 0. The summed E-state index contributed by atoms with van der Waals surface area (Å²) in [6.45, 7) is 1.17. The maximum absolute atomic E-state index is 12.4. The zero-order valence-corrected chi connectivity index (χ0v) is 18.2. The monoisotopic (exact) mass is 416 g/mol. The van der Waals surface area contributed by atoms with Gasteiger partial charge in [0.1, 0.15) is 0 Å². The predicted octanol–water partition coefficient (Wildman–Crippen LogP) is 3.59. The molecule has 0 fully saturated rings. The summed E-state index contributed by atoms with van der Waals surface area (Å²) in [5.41, 5.74) is 4.46. The van der Waals surface area contributed by atoms with Crippen LogP contribution in [0, 0.1) is 0 Å². The Morgan fingerprint density at radius 2 is 1.55 bits per heavy atom. The minimum atomic E-state index is -0.122. The van der Waals surface area contributed by atoms with E-state index in [1.165, 1.54) is 0 Å². The molecule has 0 aliphatic carbocycles. The topological polar surface area (TPSA) is 65.5 Å². The van der Waals surface area contributed by atoms with E-state index in [1.807, 2.05) is 79.7 Å². The van der Waals surface area contributed by atoms with Gasteiger partial charge >= 0.3 is 0 Å². The molecule has 0 saturated heterocycles. The summed E-state index contributed by atoms with van der Waals surface area (Å²) in [5.74, 6) is -0.0355. The molecule has 3 rings (SSSR count). The molecule has 0 aliphatic heterocycles. The van der Waals surface area contributed by atoms with Crippen LogP contribution in [-0.4, -0.2) is 49.4 Å². The highest BCUT2D eigenvalue weighted by molar-refractivity contribution is 5.95. The van der Waals surface area contributed by atoms with Crippen LogP contribution in [0.3, 0.4) is 0 Å². The number of aromatic nitrogens is 1. The van der Waals surface area contributed by atoms with E-state index in [9.17, 15) is 9.59 Å². The number of pyridine rings is 1.